The van der Waals surface area contributed by atoms with E-state index in [0.717, 1.165) is 11.1 Å². The van der Waals surface area contributed by atoms with Crippen LogP contribution in [-0.4, -0.2) is 22.9 Å². The minimum absolute atomic E-state index is 0.105. The fourth-order valence-electron chi connectivity index (χ4n) is 3.02. The summed E-state index contributed by atoms with van der Waals surface area (Å²) in [5, 5.41) is 23.8. The number of aromatic hydroxyl groups is 1. The molecule has 1 aliphatic rings. The van der Waals surface area contributed by atoms with Crippen molar-refractivity contribution in [1.29, 1.82) is 0 Å². The zero-order chi connectivity index (χ0) is 15.5. The van der Waals surface area contributed by atoms with Crippen LogP contribution in [0.3, 0.4) is 0 Å². The molecule has 116 valence electrons. The Labute approximate surface area is 130 Å². The lowest BCUT2D eigenvalue weighted by Crippen LogP contribution is -2.28. The molecule has 2 aromatic rings. The minimum atomic E-state index is -0.436. The van der Waals surface area contributed by atoms with Gasteiger partial charge in [0.05, 0.1) is 18.8 Å². The molecule has 2 atom stereocenters. The monoisotopic (exact) mass is 299 g/mol. The smallest absolute Gasteiger partial charge is 0.162 e. The van der Waals surface area contributed by atoms with E-state index in [4.69, 9.17) is 4.74 Å². The van der Waals surface area contributed by atoms with Gasteiger partial charge in [-0.25, -0.2) is 0 Å². The molecule has 1 aliphatic carbocycles. The lowest BCUT2D eigenvalue weighted by atomic mass is 10.1. The van der Waals surface area contributed by atoms with Gasteiger partial charge in [0.25, 0.3) is 0 Å². The summed E-state index contributed by atoms with van der Waals surface area (Å²) in [6, 6.07) is 13.4. The molecule has 0 fully saturated rings. The van der Waals surface area contributed by atoms with E-state index in [1.165, 1.54) is 5.56 Å². The molecule has 0 unspecified atom stereocenters. The molecule has 0 radical (unpaired) electrons. The van der Waals surface area contributed by atoms with Crippen LogP contribution in [0.25, 0.3) is 0 Å². The van der Waals surface area contributed by atoms with Crippen molar-refractivity contribution in [3.8, 4) is 11.5 Å². The van der Waals surface area contributed by atoms with Crippen molar-refractivity contribution in [2.75, 3.05) is 6.61 Å². The maximum atomic E-state index is 10.2. The third-order valence-electron chi connectivity index (χ3n) is 4.10. The first-order chi connectivity index (χ1) is 10.7. The first kappa shape index (κ1) is 14.9. The van der Waals surface area contributed by atoms with Crippen LogP contribution in [0.4, 0.5) is 0 Å². The quantitative estimate of drug-likeness (QED) is 0.794. The predicted molar refractivity (Wildman–Crippen MR) is 85.0 cm³/mol. The number of rotatable bonds is 5. The highest BCUT2D eigenvalue weighted by atomic mass is 16.5. The van der Waals surface area contributed by atoms with Crippen LogP contribution >= 0.6 is 0 Å². The van der Waals surface area contributed by atoms with Gasteiger partial charge in [0.2, 0.25) is 0 Å². The Bertz CT molecular complexity index is 657. The summed E-state index contributed by atoms with van der Waals surface area (Å²) in [4.78, 5) is 0. The Balaban J connectivity index is 1.75. The summed E-state index contributed by atoms with van der Waals surface area (Å²) in [5.74, 6) is 0.659. The number of phenols is 1. The number of phenolic OH excluding ortho intramolecular Hbond substituents is 1. The van der Waals surface area contributed by atoms with E-state index in [1.807, 2.05) is 43.3 Å². The van der Waals surface area contributed by atoms with E-state index >= 15 is 0 Å². The highest BCUT2D eigenvalue weighted by Gasteiger charge is 2.30. The second-order valence-electron chi connectivity index (χ2n) is 5.53. The second-order valence-corrected chi connectivity index (χ2v) is 5.53. The molecule has 0 aromatic heterocycles. The number of ether oxygens (including phenoxy) is 1. The summed E-state index contributed by atoms with van der Waals surface area (Å²) in [5.41, 5.74) is 3.08. The number of benzene rings is 2. The van der Waals surface area contributed by atoms with Crippen molar-refractivity contribution in [2.45, 2.75) is 32.0 Å². The Morgan fingerprint density at radius 1 is 1.18 bits per heavy atom. The molecule has 3 rings (SSSR count). The Hall–Kier alpha value is -2.04. The topological polar surface area (TPSA) is 61.7 Å². The van der Waals surface area contributed by atoms with Gasteiger partial charge in [0.1, 0.15) is 0 Å². The molecule has 4 heteroatoms. The third kappa shape index (κ3) is 2.80. The highest BCUT2D eigenvalue weighted by Crippen LogP contribution is 2.33. The van der Waals surface area contributed by atoms with Crippen molar-refractivity contribution >= 4 is 0 Å². The molecular weight excluding hydrogens is 278 g/mol. The van der Waals surface area contributed by atoms with Crippen LogP contribution < -0.4 is 10.1 Å². The lowest BCUT2D eigenvalue weighted by Gasteiger charge is -2.19. The second kappa shape index (κ2) is 6.38. The van der Waals surface area contributed by atoms with E-state index in [9.17, 15) is 10.2 Å². The zero-order valence-corrected chi connectivity index (χ0v) is 12.6. The molecular formula is C18H21NO3. The van der Waals surface area contributed by atoms with Crippen molar-refractivity contribution in [3.05, 3.63) is 59.2 Å². The normalized spacial score (nSPS) is 19.9. The van der Waals surface area contributed by atoms with E-state index in [-0.39, 0.29) is 11.8 Å². The van der Waals surface area contributed by atoms with Gasteiger partial charge < -0.3 is 20.3 Å². The number of para-hydroxylation sites is 1. The van der Waals surface area contributed by atoms with Crippen LogP contribution in [0, 0.1) is 0 Å². The van der Waals surface area contributed by atoms with Gasteiger partial charge in [-0.15, -0.1) is 0 Å². The minimum Gasteiger partial charge on any atom is -0.504 e. The SMILES string of the molecule is CCOc1cccc(CN[C@H]2c3ccccc3C[C@H]2O)c1O. The molecule has 2 aromatic carbocycles. The Kier molecular flexibility index (Phi) is 4.32. The largest absolute Gasteiger partial charge is 0.504 e. The molecule has 0 aliphatic heterocycles. The molecule has 0 saturated carbocycles. The van der Waals surface area contributed by atoms with Crippen molar-refractivity contribution < 1.29 is 14.9 Å². The van der Waals surface area contributed by atoms with Crippen LogP contribution in [0.15, 0.2) is 42.5 Å². The molecule has 0 bridgehead atoms. The number of aliphatic hydroxyl groups excluding tert-OH is 1. The summed E-state index contributed by atoms with van der Waals surface area (Å²) < 4.78 is 5.40. The van der Waals surface area contributed by atoms with E-state index in [0.29, 0.717) is 25.3 Å². The average molecular weight is 299 g/mol. The first-order valence-corrected chi connectivity index (χ1v) is 7.63. The number of hydrogen-bond acceptors (Lipinski definition) is 4. The maximum absolute atomic E-state index is 10.2. The molecule has 22 heavy (non-hydrogen) atoms. The van der Waals surface area contributed by atoms with Crippen LogP contribution in [0.5, 0.6) is 11.5 Å². The summed E-state index contributed by atoms with van der Waals surface area (Å²) in [6.45, 7) is 2.87. The lowest BCUT2D eigenvalue weighted by molar-refractivity contribution is 0.140. The van der Waals surface area contributed by atoms with Gasteiger partial charge in [-0.3, -0.25) is 0 Å². The maximum Gasteiger partial charge on any atom is 0.162 e. The van der Waals surface area contributed by atoms with Crippen LogP contribution in [0.1, 0.15) is 29.7 Å². The number of nitrogens with one attached hydrogen (secondary N) is 1. The summed E-state index contributed by atoms with van der Waals surface area (Å²) in [7, 11) is 0. The van der Waals surface area contributed by atoms with Crippen LogP contribution in [0.2, 0.25) is 0 Å². The highest BCUT2D eigenvalue weighted by molar-refractivity contribution is 5.45. The molecule has 0 spiro atoms. The van der Waals surface area contributed by atoms with Gasteiger partial charge >= 0.3 is 0 Å². The van der Waals surface area contributed by atoms with Crippen molar-refractivity contribution in [2.24, 2.45) is 0 Å². The van der Waals surface area contributed by atoms with Gasteiger partial charge in [-0.05, 0) is 24.1 Å². The van der Waals surface area contributed by atoms with Gasteiger partial charge in [-0.2, -0.15) is 0 Å². The van der Waals surface area contributed by atoms with Crippen molar-refractivity contribution in [1.82, 2.24) is 5.32 Å². The summed E-state index contributed by atoms with van der Waals surface area (Å²) >= 11 is 0. The molecule has 0 amide bonds. The standard InChI is InChI=1S/C18H21NO3/c1-2-22-16-9-5-7-13(18(16)21)11-19-17-14-8-4-3-6-12(14)10-15(17)20/h3-9,15,17,19-21H,2,10-11H2,1H3/t15-,17+/m1/s1. The van der Waals surface area contributed by atoms with Gasteiger partial charge in [-0.1, -0.05) is 36.4 Å². The molecule has 4 nitrogen and oxygen atoms in total. The predicted octanol–water partition coefficient (Wildman–Crippen LogP) is 2.54. The summed E-state index contributed by atoms with van der Waals surface area (Å²) in [6.07, 6.45) is 0.230. The van der Waals surface area contributed by atoms with Crippen LogP contribution in [-0.2, 0) is 13.0 Å². The molecule has 0 heterocycles. The van der Waals surface area contributed by atoms with E-state index < -0.39 is 6.10 Å². The van der Waals surface area contributed by atoms with Gasteiger partial charge in [0, 0.05) is 18.5 Å². The fourth-order valence-corrected chi connectivity index (χ4v) is 3.02. The zero-order valence-electron chi connectivity index (χ0n) is 12.6. The number of aliphatic hydroxyl groups is 1. The van der Waals surface area contributed by atoms with Crippen molar-refractivity contribution in [3.63, 3.8) is 0 Å². The van der Waals surface area contributed by atoms with Gasteiger partial charge in [0.15, 0.2) is 11.5 Å². The Morgan fingerprint density at radius 3 is 2.82 bits per heavy atom. The number of fused-ring (bicyclic) bond motifs is 1. The Morgan fingerprint density at radius 2 is 2.00 bits per heavy atom. The van der Waals surface area contributed by atoms with E-state index in [1.54, 1.807) is 6.07 Å². The number of hydrogen-bond donors (Lipinski definition) is 3. The third-order valence-corrected chi connectivity index (χ3v) is 4.10. The average Bonchev–Trinajstić information content (AvgIpc) is 2.84. The molecule has 3 N–H and O–H groups in total. The molecule has 0 saturated heterocycles. The van der Waals surface area contributed by atoms with E-state index in [2.05, 4.69) is 5.32 Å². The first-order valence-electron chi connectivity index (χ1n) is 7.63. The fraction of sp³-hybridized carbons (Fsp3) is 0.333.